The Morgan fingerprint density at radius 2 is 1.76 bits per heavy atom. The number of benzene rings is 2. The highest BCUT2D eigenvalue weighted by Gasteiger charge is 2.31. The van der Waals surface area contributed by atoms with Crippen LogP contribution in [-0.2, 0) is 11.3 Å². The molecule has 34 heavy (non-hydrogen) atoms. The van der Waals surface area contributed by atoms with Gasteiger partial charge in [-0.05, 0) is 63.2 Å². The number of piperazine rings is 1. The van der Waals surface area contributed by atoms with Crippen molar-refractivity contribution in [2.24, 2.45) is 5.92 Å². The van der Waals surface area contributed by atoms with Crippen LogP contribution in [0.25, 0.3) is 11.4 Å². The van der Waals surface area contributed by atoms with E-state index in [-0.39, 0.29) is 17.6 Å². The number of halogens is 1. The fraction of sp³-hybridized carbons (Fsp3) is 0.423. The number of aromatic nitrogens is 2. The van der Waals surface area contributed by atoms with Gasteiger partial charge in [-0.3, -0.25) is 9.69 Å². The minimum absolute atomic E-state index is 0.0687. The van der Waals surface area contributed by atoms with Gasteiger partial charge in [0, 0.05) is 43.3 Å². The molecule has 1 aromatic heterocycles. The van der Waals surface area contributed by atoms with E-state index in [1.165, 1.54) is 12.1 Å². The summed E-state index contributed by atoms with van der Waals surface area (Å²) >= 11 is 0. The fourth-order valence-corrected chi connectivity index (χ4v) is 4.84. The summed E-state index contributed by atoms with van der Waals surface area (Å²) in [6.45, 7) is 7.30. The Hall–Kier alpha value is -3.26. The molecule has 2 aromatic carbocycles. The number of rotatable bonds is 5. The van der Waals surface area contributed by atoms with Crippen molar-refractivity contribution in [1.82, 2.24) is 19.9 Å². The van der Waals surface area contributed by atoms with Gasteiger partial charge in [0.05, 0.1) is 6.54 Å². The summed E-state index contributed by atoms with van der Waals surface area (Å²) in [5.41, 5.74) is 3.12. The van der Waals surface area contributed by atoms with Gasteiger partial charge in [0.25, 0.3) is 0 Å². The molecule has 0 radical (unpaired) electrons. The van der Waals surface area contributed by atoms with Crippen LogP contribution < -0.4 is 4.90 Å². The standard InChI is InChI=1S/C26H30FN5O2/c1-19-3-2-4-21(17-19)25-28-24(34-29-25)18-30-11-9-20(10-12-30)26(33)32-15-13-31(14-16-32)23-7-5-22(27)6-8-23/h2-8,17,20H,9-16,18H2,1H3. The molecule has 2 saturated heterocycles. The van der Waals surface area contributed by atoms with Gasteiger partial charge >= 0.3 is 0 Å². The van der Waals surface area contributed by atoms with Gasteiger partial charge in [-0.25, -0.2) is 4.39 Å². The number of nitrogens with zero attached hydrogens (tertiary/aromatic N) is 5. The number of aryl methyl sites for hydroxylation is 1. The second kappa shape index (κ2) is 9.93. The lowest BCUT2D eigenvalue weighted by Gasteiger charge is -2.39. The molecule has 0 spiro atoms. The third-order valence-electron chi connectivity index (χ3n) is 6.82. The second-order valence-corrected chi connectivity index (χ2v) is 9.22. The van der Waals surface area contributed by atoms with E-state index in [1.54, 1.807) is 12.1 Å². The van der Waals surface area contributed by atoms with Gasteiger partial charge in [-0.1, -0.05) is 28.9 Å². The van der Waals surface area contributed by atoms with Crippen molar-refractivity contribution < 1.29 is 13.7 Å². The summed E-state index contributed by atoms with van der Waals surface area (Å²) in [6.07, 6.45) is 1.69. The fourth-order valence-electron chi connectivity index (χ4n) is 4.84. The van der Waals surface area contributed by atoms with Crippen LogP contribution in [0, 0.1) is 18.7 Å². The first-order valence-electron chi connectivity index (χ1n) is 12.0. The molecule has 2 aliphatic rings. The lowest BCUT2D eigenvalue weighted by atomic mass is 9.95. The number of carbonyl (C=O) groups excluding carboxylic acids is 1. The number of hydrogen-bond acceptors (Lipinski definition) is 6. The number of anilines is 1. The van der Waals surface area contributed by atoms with Gasteiger partial charge in [0.1, 0.15) is 5.82 Å². The Morgan fingerprint density at radius 1 is 1.03 bits per heavy atom. The average Bonchev–Trinajstić information content (AvgIpc) is 3.33. The van der Waals surface area contributed by atoms with Crippen LogP contribution in [0.4, 0.5) is 10.1 Å². The SMILES string of the molecule is Cc1cccc(-c2noc(CN3CCC(C(=O)N4CCN(c5ccc(F)cc5)CC4)CC3)n2)c1. The highest BCUT2D eigenvalue weighted by Crippen LogP contribution is 2.24. The predicted molar refractivity (Wildman–Crippen MR) is 128 cm³/mol. The van der Waals surface area contributed by atoms with Gasteiger partial charge in [-0.15, -0.1) is 0 Å². The summed E-state index contributed by atoms with van der Waals surface area (Å²) in [6, 6.07) is 14.6. The maximum Gasteiger partial charge on any atom is 0.241 e. The lowest BCUT2D eigenvalue weighted by Crippen LogP contribution is -2.51. The molecule has 2 aliphatic heterocycles. The van der Waals surface area contributed by atoms with Crippen molar-refractivity contribution in [3.63, 3.8) is 0 Å². The molecule has 3 heterocycles. The molecular weight excluding hydrogens is 433 g/mol. The highest BCUT2D eigenvalue weighted by atomic mass is 19.1. The maximum absolute atomic E-state index is 13.2. The van der Waals surface area contributed by atoms with Gasteiger partial charge in [0.2, 0.25) is 17.6 Å². The third-order valence-corrected chi connectivity index (χ3v) is 6.82. The summed E-state index contributed by atoms with van der Waals surface area (Å²) in [4.78, 5) is 24.1. The molecule has 8 heteroatoms. The Balaban J connectivity index is 1.09. The zero-order chi connectivity index (χ0) is 23.5. The molecule has 7 nitrogen and oxygen atoms in total. The molecular formula is C26H30FN5O2. The van der Waals surface area contributed by atoms with E-state index in [9.17, 15) is 9.18 Å². The molecule has 0 atom stereocenters. The average molecular weight is 464 g/mol. The van der Waals surface area contributed by atoms with Gasteiger partial charge < -0.3 is 14.3 Å². The monoisotopic (exact) mass is 463 g/mol. The summed E-state index contributed by atoms with van der Waals surface area (Å²) in [7, 11) is 0. The van der Waals surface area contributed by atoms with Crippen molar-refractivity contribution in [2.45, 2.75) is 26.3 Å². The minimum Gasteiger partial charge on any atom is -0.368 e. The minimum atomic E-state index is -0.227. The van der Waals surface area contributed by atoms with Crippen LogP contribution in [0.1, 0.15) is 24.3 Å². The molecule has 178 valence electrons. The molecule has 0 unspecified atom stereocenters. The predicted octanol–water partition coefficient (Wildman–Crippen LogP) is 3.74. The molecule has 3 aromatic rings. The first-order chi connectivity index (χ1) is 16.5. The number of hydrogen-bond donors (Lipinski definition) is 0. The zero-order valence-corrected chi connectivity index (χ0v) is 19.5. The van der Waals surface area contributed by atoms with E-state index in [1.807, 2.05) is 36.1 Å². The Labute approximate surface area is 199 Å². The quantitative estimate of drug-likeness (QED) is 0.574. The van der Waals surface area contributed by atoms with Crippen molar-refractivity contribution in [3.05, 3.63) is 65.8 Å². The normalized spacial score (nSPS) is 17.8. The van der Waals surface area contributed by atoms with Crippen LogP contribution in [0.5, 0.6) is 0 Å². The first kappa shape index (κ1) is 22.5. The van der Waals surface area contributed by atoms with Crippen molar-refractivity contribution in [3.8, 4) is 11.4 Å². The van der Waals surface area contributed by atoms with Crippen LogP contribution >= 0.6 is 0 Å². The third kappa shape index (κ3) is 5.12. The summed E-state index contributed by atoms with van der Waals surface area (Å²) < 4.78 is 18.7. The number of likely N-dealkylation sites (tertiary alicyclic amines) is 1. The zero-order valence-electron chi connectivity index (χ0n) is 19.5. The Morgan fingerprint density at radius 3 is 2.47 bits per heavy atom. The molecule has 5 rings (SSSR count). The molecule has 0 N–H and O–H groups in total. The lowest BCUT2D eigenvalue weighted by molar-refractivity contribution is -0.137. The molecule has 1 amide bonds. The smallest absolute Gasteiger partial charge is 0.241 e. The first-order valence-corrected chi connectivity index (χ1v) is 12.0. The van der Waals surface area contributed by atoms with Crippen molar-refractivity contribution in [2.75, 3.05) is 44.2 Å². The van der Waals surface area contributed by atoms with Crippen LogP contribution in [-0.4, -0.2) is 65.1 Å². The summed E-state index contributed by atoms with van der Waals surface area (Å²) in [5, 5.41) is 4.13. The molecule has 0 aliphatic carbocycles. The highest BCUT2D eigenvalue weighted by molar-refractivity contribution is 5.79. The number of carbonyl (C=O) groups is 1. The molecule has 0 bridgehead atoms. The maximum atomic E-state index is 13.2. The van der Waals surface area contributed by atoms with Crippen LogP contribution in [0.3, 0.4) is 0 Å². The van der Waals surface area contributed by atoms with Gasteiger partial charge in [-0.2, -0.15) is 4.98 Å². The van der Waals surface area contributed by atoms with Crippen molar-refractivity contribution >= 4 is 11.6 Å². The largest absolute Gasteiger partial charge is 0.368 e. The van der Waals surface area contributed by atoms with E-state index in [4.69, 9.17) is 4.52 Å². The molecule has 0 saturated carbocycles. The van der Waals surface area contributed by atoms with Crippen LogP contribution in [0.2, 0.25) is 0 Å². The Bertz CT molecular complexity index is 1120. The van der Waals surface area contributed by atoms with Crippen molar-refractivity contribution in [1.29, 1.82) is 0 Å². The Kier molecular flexibility index (Phi) is 6.58. The van der Waals surface area contributed by atoms with Gasteiger partial charge in [0.15, 0.2) is 0 Å². The topological polar surface area (TPSA) is 65.7 Å². The van der Waals surface area contributed by atoms with E-state index < -0.39 is 0 Å². The van der Waals surface area contributed by atoms with E-state index in [2.05, 4.69) is 19.9 Å². The van der Waals surface area contributed by atoms with E-state index in [0.717, 1.165) is 55.8 Å². The summed E-state index contributed by atoms with van der Waals surface area (Å²) in [5.74, 6) is 1.33. The van der Waals surface area contributed by atoms with E-state index in [0.29, 0.717) is 31.3 Å². The molecule has 2 fully saturated rings. The van der Waals surface area contributed by atoms with E-state index >= 15 is 0 Å². The van der Waals surface area contributed by atoms with Crippen LogP contribution in [0.15, 0.2) is 53.1 Å². The number of piperidine rings is 1. The second-order valence-electron chi connectivity index (χ2n) is 9.22. The number of amides is 1.